The van der Waals surface area contributed by atoms with Crippen molar-refractivity contribution in [3.05, 3.63) is 29.8 Å². The summed E-state index contributed by atoms with van der Waals surface area (Å²) in [5, 5.41) is 0. The molecule has 0 radical (unpaired) electrons. The molecule has 2 aliphatic heterocycles. The smallest absolute Gasteiger partial charge is 0.309 e. The molecule has 2 fully saturated rings. The molecule has 1 saturated heterocycles. The molecule has 166 valence electrons. The van der Waals surface area contributed by atoms with Crippen molar-refractivity contribution in [2.45, 2.75) is 70.3 Å². The summed E-state index contributed by atoms with van der Waals surface area (Å²) in [6.45, 7) is 6.82. The van der Waals surface area contributed by atoms with Gasteiger partial charge >= 0.3 is 5.97 Å². The number of carbonyl (C=O) groups is 2. The van der Waals surface area contributed by atoms with Gasteiger partial charge in [-0.2, -0.15) is 0 Å². The molecule has 1 aromatic carbocycles. The summed E-state index contributed by atoms with van der Waals surface area (Å²) in [7, 11) is 0. The zero-order valence-corrected chi connectivity index (χ0v) is 18.9. The lowest BCUT2D eigenvalue weighted by atomic mass is 9.73. The van der Waals surface area contributed by atoms with Gasteiger partial charge in [-0.3, -0.25) is 9.59 Å². The van der Waals surface area contributed by atoms with Gasteiger partial charge in [0.15, 0.2) is 6.61 Å². The van der Waals surface area contributed by atoms with Crippen LogP contribution in [-0.4, -0.2) is 49.1 Å². The van der Waals surface area contributed by atoms with Gasteiger partial charge in [0, 0.05) is 37.0 Å². The molecule has 1 aromatic rings. The third-order valence-corrected chi connectivity index (χ3v) is 7.50. The number of para-hydroxylation sites is 1. The Kier molecular flexibility index (Phi) is 6.67. The fraction of sp³-hybridized carbons (Fsp3) is 0.615. The molecule has 0 bridgehead atoms. The fourth-order valence-corrected chi connectivity index (χ4v) is 5.73. The Balaban J connectivity index is 1.31. The average molecular weight is 423 g/mol. The van der Waals surface area contributed by atoms with Crippen LogP contribution in [0.4, 0.5) is 5.69 Å². The van der Waals surface area contributed by atoms with Crippen molar-refractivity contribution in [3.63, 3.8) is 0 Å². The lowest BCUT2D eigenvalue weighted by molar-refractivity contribution is -0.148. The number of ether oxygens (including phenoxy) is 1. The van der Waals surface area contributed by atoms with Crippen LogP contribution in [0.15, 0.2) is 24.3 Å². The Morgan fingerprint density at radius 3 is 2.48 bits per heavy atom. The minimum absolute atomic E-state index is 0.0293. The number of amides is 1. The molecule has 1 amide bonds. The van der Waals surface area contributed by atoms with Crippen molar-refractivity contribution in [1.29, 1.82) is 0 Å². The van der Waals surface area contributed by atoms with Crippen molar-refractivity contribution < 1.29 is 14.3 Å². The van der Waals surface area contributed by atoms with Crippen molar-refractivity contribution in [3.8, 4) is 11.8 Å². The molecular weight excluding hydrogens is 388 g/mol. The highest BCUT2D eigenvalue weighted by atomic mass is 16.5. The monoisotopic (exact) mass is 422 g/mol. The van der Waals surface area contributed by atoms with Crippen LogP contribution in [0.1, 0.15) is 64.4 Å². The molecule has 0 aromatic heterocycles. The van der Waals surface area contributed by atoms with E-state index >= 15 is 0 Å². The lowest BCUT2D eigenvalue weighted by Gasteiger charge is -2.44. The topological polar surface area (TPSA) is 49.9 Å². The predicted molar refractivity (Wildman–Crippen MR) is 122 cm³/mol. The van der Waals surface area contributed by atoms with Gasteiger partial charge in [-0.25, -0.2) is 0 Å². The number of rotatable bonds is 3. The van der Waals surface area contributed by atoms with E-state index in [9.17, 15) is 9.59 Å². The quantitative estimate of drug-likeness (QED) is 0.548. The first-order chi connectivity index (χ1) is 15.0. The summed E-state index contributed by atoms with van der Waals surface area (Å²) in [5.74, 6) is 5.91. The molecule has 5 heteroatoms. The second kappa shape index (κ2) is 9.44. The standard InChI is InChI=1S/C26H34N2O3/c1-3-4-7-18-31-25(30)21-10-12-22(13-11-21)27-16-14-26(15-17-27)19-28(20(2)29)24-9-6-5-8-23(24)26/h5-6,8-9,21-22H,3,10-19H2,1-2H3. The van der Waals surface area contributed by atoms with Crippen LogP contribution >= 0.6 is 0 Å². The summed E-state index contributed by atoms with van der Waals surface area (Å²) in [6, 6.07) is 9.00. The molecular formula is C26H34N2O3. The maximum absolute atomic E-state index is 12.3. The van der Waals surface area contributed by atoms with E-state index in [2.05, 4.69) is 34.9 Å². The molecule has 0 unspecified atom stereocenters. The third-order valence-electron chi connectivity index (χ3n) is 7.50. The molecule has 0 atom stereocenters. The van der Waals surface area contributed by atoms with Crippen LogP contribution in [0.5, 0.6) is 0 Å². The van der Waals surface area contributed by atoms with Gasteiger partial charge in [-0.15, -0.1) is 5.92 Å². The van der Waals surface area contributed by atoms with Crippen LogP contribution in [0, 0.1) is 17.8 Å². The fourth-order valence-electron chi connectivity index (χ4n) is 5.73. The van der Waals surface area contributed by atoms with Gasteiger partial charge in [0.2, 0.25) is 5.91 Å². The minimum Gasteiger partial charge on any atom is -0.452 e. The Morgan fingerprint density at radius 2 is 1.81 bits per heavy atom. The third kappa shape index (κ3) is 4.50. The van der Waals surface area contributed by atoms with Crippen molar-refractivity contribution in [1.82, 2.24) is 4.90 Å². The van der Waals surface area contributed by atoms with Gasteiger partial charge in [0.05, 0.1) is 5.92 Å². The van der Waals surface area contributed by atoms with E-state index in [1.807, 2.05) is 17.9 Å². The van der Waals surface area contributed by atoms with E-state index in [1.165, 1.54) is 5.56 Å². The molecule has 31 heavy (non-hydrogen) atoms. The first-order valence-electron chi connectivity index (χ1n) is 11.8. The van der Waals surface area contributed by atoms with Crippen LogP contribution in [0.25, 0.3) is 0 Å². The molecule has 0 N–H and O–H groups in total. The number of nitrogens with zero attached hydrogens (tertiary/aromatic N) is 2. The van der Waals surface area contributed by atoms with E-state index in [4.69, 9.17) is 4.74 Å². The number of esters is 1. The zero-order chi connectivity index (χ0) is 21.8. The van der Waals surface area contributed by atoms with E-state index in [1.54, 1.807) is 6.92 Å². The van der Waals surface area contributed by atoms with Gasteiger partial charge < -0.3 is 14.5 Å². The van der Waals surface area contributed by atoms with Gasteiger partial charge in [-0.05, 0) is 63.2 Å². The van der Waals surface area contributed by atoms with Crippen LogP contribution < -0.4 is 4.90 Å². The lowest BCUT2D eigenvalue weighted by Crippen LogP contribution is -2.50. The van der Waals surface area contributed by atoms with Crippen LogP contribution in [-0.2, 0) is 19.7 Å². The average Bonchev–Trinajstić information content (AvgIpc) is 3.12. The number of carbonyl (C=O) groups excluding carboxylic acids is 2. The van der Waals surface area contributed by atoms with E-state index in [0.717, 1.165) is 70.3 Å². The number of benzene rings is 1. The Labute approximate surface area is 186 Å². The molecule has 2 heterocycles. The summed E-state index contributed by atoms with van der Waals surface area (Å²) < 4.78 is 5.33. The maximum Gasteiger partial charge on any atom is 0.309 e. The van der Waals surface area contributed by atoms with Gasteiger partial charge in [0.25, 0.3) is 0 Å². The summed E-state index contributed by atoms with van der Waals surface area (Å²) >= 11 is 0. The summed E-state index contributed by atoms with van der Waals surface area (Å²) in [4.78, 5) is 29.1. The van der Waals surface area contributed by atoms with Crippen LogP contribution in [0.2, 0.25) is 0 Å². The van der Waals surface area contributed by atoms with E-state index in [0.29, 0.717) is 6.04 Å². The SMILES string of the molecule is CCC#CCOC(=O)C1CCC(N2CCC3(CC2)CN(C(C)=O)c2ccccc23)CC1. The second-order valence-electron chi connectivity index (χ2n) is 9.26. The Bertz CT molecular complexity index is 868. The normalized spacial score (nSPS) is 24.9. The summed E-state index contributed by atoms with van der Waals surface area (Å²) in [5.41, 5.74) is 2.55. The first kappa shape index (κ1) is 21.9. The molecule has 1 saturated carbocycles. The number of hydrogen-bond donors (Lipinski definition) is 0. The van der Waals surface area contributed by atoms with E-state index in [-0.39, 0.29) is 29.8 Å². The predicted octanol–water partition coefficient (Wildman–Crippen LogP) is 3.90. The van der Waals surface area contributed by atoms with Gasteiger partial charge in [0.1, 0.15) is 0 Å². The number of piperidine rings is 1. The number of likely N-dealkylation sites (tertiary alicyclic amines) is 1. The Morgan fingerprint density at radius 1 is 1.10 bits per heavy atom. The highest BCUT2D eigenvalue weighted by Crippen LogP contribution is 2.47. The molecule has 1 aliphatic carbocycles. The first-order valence-corrected chi connectivity index (χ1v) is 11.8. The highest BCUT2D eigenvalue weighted by molar-refractivity contribution is 5.94. The molecule has 4 rings (SSSR count). The van der Waals surface area contributed by atoms with Gasteiger partial charge in [-0.1, -0.05) is 31.0 Å². The maximum atomic E-state index is 12.3. The minimum atomic E-state index is -0.0756. The molecule has 5 nitrogen and oxygen atoms in total. The number of anilines is 1. The highest BCUT2D eigenvalue weighted by Gasteiger charge is 2.46. The zero-order valence-electron chi connectivity index (χ0n) is 18.9. The van der Waals surface area contributed by atoms with Crippen molar-refractivity contribution >= 4 is 17.6 Å². The largest absolute Gasteiger partial charge is 0.452 e. The second-order valence-corrected chi connectivity index (χ2v) is 9.26. The number of fused-ring (bicyclic) bond motifs is 2. The Hall–Kier alpha value is -2.32. The number of hydrogen-bond acceptors (Lipinski definition) is 4. The van der Waals surface area contributed by atoms with E-state index < -0.39 is 0 Å². The molecule has 3 aliphatic rings. The van der Waals surface area contributed by atoms with Crippen molar-refractivity contribution in [2.75, 3.05) is 31.1 Å². The van der Waals surface area contributed by atoms with Crippen LogP contribution in [0.3, 0.4) is 0 Å². The summed E-state index contributed by atoms with van der Waals surface area (Å²) in [6.07, 6.45) is 6.91. The van der Waals surface area contributed by atoms with Crippen molar-refractivity contribution in [2.24, 2.45) is 5.92 Å². The molecule has 1 spiro atoms.